The van der Waals surface area contributed by atoms with Crippen LogP contribution in [0.4, 0.5) is 4.39 Å². The third-order valence-corrected chi connectivity index (χ3v) is 4.64. The molecule has 1 atom stereocenters. The van der Waals surface area contributed by atoms with E-state index in [1.54, 1.807) is 6.07 Å². The summed E-state index contributed by atoms with van der Waals surface area (Å²) in [4.78, 5) is 0. The Balaban J connectivity index is 1.81. The van der Waals surface area contributed by atoms with E-state index in [9.17, 15) is 4.39 Å². The van der Waals surface area contributed by atoms with E-state index in [2.05, 4.69) is 19.1 Å². The largest absolute Gasteiger partial charge is 0.206 e. The lowest BCUT2D eigenvalue weighted by Gasteiger charge is -2.22. The van der Waals surface area contributed by atoms with Crippen LogP contribution >= 0.6 is 0 Å². The van der Waals surface area contributed by atoms with Crippen LogP contribution in [0.2, 0.25) is 0 Å². The summed E-state index contributed by atoms with van der Waals surface area (Å²) in [6.07, 6.45) is 8.35. The van der Waals surface area contributed by atoms with E-state index in [1.165, 1.54) is 24.8 Å². The van der Waals surface area contributed by atoms with Crippen molar-refractivity contribution in [1.82, 2.24) is 0 Å². The van der Waals surface area contributed by atoms with Crippen molar-refractivity contribution in [3.05, 3.63) is 66.0 Å². The Morgan fingerprint density at radius 2 is 1.86 bits per heavy atom. The second-order valence-electron chi connectivity index (χ2n) is 6.22. The quantitative estimate of drug-likeness (QED) is 0.605. The van der Waals surface area contributed by atoms with Crippen LogP contribution in [-0.2, 0) is 0 Å². The van der Waals surface area contributed by atoms with E-state index in [0.717, 1.165) is 29.9 Å². The summed E-state index contributed by atoms with van der Waals surface area (Å²) >= 11 is 0. The predicted molar refractivity (Wildman–Crippen MR) is 92.1 cm³/mol. The van der Waals surface area contributed by atoms with Gasteiger partial charge in [0, 0.05) is 5.56 Å². The van der Waals surface area contributed by atoms with Crippen molar-refractivity contribution >= 4 is 5.57 Å². The van der Waals surface area contributed by atoms with E-state index in [1.807, 2.05) is 36.4 Å². The zero-order valence-corrected chi connectivity index (χ0v) is 13.2. The fourth-order valence-corrected chi connectivity index (χ4v) is 3.39. The van der Waals surface area contributed by atoms with Crippen molar-refractivity contribution in [3.8, 4) is 11.1 Å². The van der Waals surface area contributed by atoms with Crippen LogP contribution in [0, 0.1) is 11.7 Å². The topological polar surface area (TPSA) is 0 Å². The maximum atomic E-state index is 14.5. The smallest absolute Gasteiger partial charge is 0.131 e. The standard InChI is InChI=1S/C21H23F/c1-2-6-16-9-11-17(12-10-16)19-13-14-20(21(22)15-19)18-7-4-3-5-8-18/h3-5,7-8,11,13-16H,2,6,9-10,12H2,1H3. The molecule has 0 N–H and O–H groups in total. The molecule has 0 saturated heterocycles. The molecular weight excluding hydrogens is 271 g/mol. The average molecular weight is 294 g/mol. The van der Waals surface area contributed by atoms with Crippen molar-refractivity contribution in [2.75, 3.05) is 0 Å². The maximum Gasteiger partial charge on any atom is 0.131 e. The van der Waals surface area contributed by atoms with Crippen molar-refractivity contribution < 1.29 is 4.39 Å². The highest BCUT2D eigenvalue weighted by Gasteiger charge is 2.15. The molecule has 0 amide bonds. The molecule has 1 heteroatoms. The van der Waals surface area contributed by atoms with Crippen molar-refractivity contribution in [3.63, 3.8) is 0 Å². The van der Waals surface area contributed by atoms with Crippen molar-refractivity contribution in [2.45, 2.75) is 39.0 Å². The van der Waals surface area contributed by atoms with Crippen molar-refractivity contribution in [2.24, 2.45) is 5.92 Å². The molecule has 1 aliphatic carbocycles. The molecule has 3 rings (SSSR count). The van der Waals surface area contributed by atoms with E-state index in [-0.39, 0.29) is 5.82 Å². The van der Waals surface area contributed by atoms with Crippen LogP contribution < -0.4 is 0 Å². The highest BCUT2D eigenvalue weighted by molar-refractivity contribution is 5.71. The Morgan fingerprint density at radius 3 is 2.50 bits per heavy atom. The Bertz CT molecular complexity index is 655. The summed E-state index contributed by atoms with van der Waals surface area (Å²) in [5, 5.41) is 0. The van der Waals surface area contributed by atoms with E-state index in [4.69, 9.17) is 0 Å². The molecule has 1 unspecified atom stereocenters. The predicted octanol–water partition coefficient (Wildman–Crippen LogP) is 6.48. The lowest BCUT2D eigenvalue weighted by atomic mass is 9.84. The molecule has 114 valence electrons. The van der Waals surface area contributed by atoms with Crippen LogP contribution in [0.5, 0.6) is 0 Å². The minimum atomic E-state index is -0.125. The SMILES string of the molecule is CCCC1CC=C(c2ccc(-c3ccccc3)c(F)c2)CC1. The first kappa shape index (κ1) is 15.0. The molecule has 1 aliphatic rings. The molecule has 0 aromatic heterocycles. The van der Waals surface area contributed by atoms with Crippen LogP contribution in [0.25, 0.3) is 16.7 Å². The first-order chi connectivity index (χ1) is 10.8. The highest BCUT2D eigenvalue weighted by atomic mass is 19.1. The van der Waals surface area contributed by atoms with E-state index >= 15 is 0 Å². The lowest BCUT2D eigenvalue weighted by Crippen LogP contribution is -2.05. The Hall–Kier alpha value is -1.89. The van der Waals surface area contributed by atoms with Gasteiger partial charge < -0.3 is 0 Å². The Kier molecular flexibility index (Phi) is 4.72. The number of hydrogen-bond acceptors (Lipinski definition) is 0. The van der Waals surface area contributed by atoms with Gasteiger partial charge in [0.15, 0.2) is 0 Å². The van der Waals surface area contributed by atoms with Gasteiger partial charge in [-0.1, -0.05) is 68.3 Å². The molecule has 0 bridgehead atoms. The van der Waals surface area contributed by atoms with Gasteiger partial charge in [0.05, 0.1) is 0 Å². The molecular formula is C21H23F. The maximum absolute atomic E-state index is 14.5. The summed E-state index contributed by atoms with van der Waals surface area (Å²) in [5.41, 5.74) is 3.98. The molecule has 0 radical (unpaired) electrons. The van der Waals surface area contributed by atoms with Crippen LogP contribution in [0.3, 0.4) is 0 Å². The second kappa shape index (κ2) is 6.91. The molecule has 0 nitrogen and oxygen atoms in total. The van der Waals surface area contributed by atoms with Gasteiger partial charge in [-0.3, -0.25) is 0 Å². The molecule has 2 aromatic rings. The van der Waals surface area contributed by atoms with Crippen LogP contribution in [0.1, 0.15) is 44.6 Å². The third kappa shape index (κ3) is 3.30. The van der Waals surface area contributed by atoms with Crippen LogP contribution in [-0.4, -0.2) is 0 Å². The van der Waals surface area contributed by atoms with E-state index in [0.29, 0.717) is 5.56 Å². The first-order valence-corrected chi connectivity index (χ1v) is 8.32. The summed E-state index contributed by atoms with van der Waals surface area (Å²) in [7, 11) is 0. The fourth-order valence-electron chi connectivity index (χ4n) is 3.39. The third-order valence-electron chi connectivity index (χ3n) is 4.64. The van der Waals surface area contributed by atoms with Gasteiger partial charge in [0.2, 0.25) is 0 Å². The zero-order valence-electron chi connectivity index (χ0n) is 13.2. The summed E-state index contributed by atoms with van der Waals surface area (Å²) < 4.78 is 14.5. The van der Waals surface area contributed by atoms with Gasteiger partial charge in [0.1, 0.15) is 5.82 Å². The number of allylic oxidation sites excluding steroid dienone is 2. The number of hydrogen-bond donors (Lipinski definition) is 0. The number of halogens is 1. The highest BCUT2D eigenvalue weighted by Crippen LogP contribution is 2.34. The van der Waals surface area contributed by atoms with Gasteiger partial charge in [-0.25, -0.2) is 4.39 Å². The van der Waals surface area contributed by atoms with Gasteiger partial charge in [-0.05, 0) is 47.9 Å². The summed E-state index contributed by atoms with van der Waals surface area (Å²) in [6.45, 7) is 2.25. The van der Waals surface area contributed by atoms with Gasteiger partial charge >= 0.3 is 0 Å². The van der Waals surface area contributed by atoms with Gasteiger partial charge in [0.25, 0.3) is 0 Å². The first-order valence-electron chi connectivity index (χ1n) is 8.32. The Morgan fingerprint density at radius 1 is 1.05 bits per heavy atom. The normalized spacial score (nSPS) is 18.1. The van der Waals surface area contributed by atoms with Crippen LogP contribution in [0.15, 0.2) is 54.6 Å². The zero-order chi connectivity index (χ0) is 15.4. The molecule has 0 fully saturated rings. The van der Waals surface area contributed by atoms with Gasteiger partial charge in [-0.2, -0.15) is 0 Å². The molecule has 0 spiro atoms. The molecule has 2 aromatic carbocycles. The summed E-state index contributed by atoms with van der Waals surface area (Å²) in [6, 6.07) is 15.4. The summed E-state index contributed by atoms with van der Waals surface area (Å²) in [5.74, 6) is 0.697. The Labute approximate surface area is 132 Å². The number of benzene rings is 2. The van der Waals surface area contributed by atoms with Gasteiger partial charge in [-0.15, -0.1) is 0 Å². The fraction of sp³-hybridized carbons (Fsp3) is 0.333. The second-order valence-corrected chi connectivity index (χ2v) is 6.22. The van der Waals surface area contributed by atoms with Crippen molar-refractivity contribution in [1.29, 1.82) is 0 Å². The number of rotatable bonds is 4. The molecule has 0 saturated carbocycles. The molecule has 0 aliphatic heterocycles. The van der Waals surface area contributed by atoms with E-state index < -0.39 is 0 Å². The minimum Gasteiger partial charge on any atom is -0.206 e. The average Bonchev–Trinajstić information content (AvgIpc) is 2.56. The monoisotopic (exact) mass is 294 g/mol. The minimum absolute atomic E-state index is 0.125. The molecule has 0 heterocycles. The lowest BCUT2D eigenvalue weighted by molar-refractivity contribution is 0.445. The molecule has 22 heavy (non-hydrogen) atoms.